The third-order valence-electron chi connectivity index (χ3n) is 9.04. The summed E-state index contributed by atoms with van der Waals surface area (Å²) in [6, 6.07) is 23.8. The van der Waals surface area contributed by atoms with Crippen molar-refractivity contribution in [2.45, 2.75) is 103 Å². The van der Waals surface area contributed by atoms with Crippen LogP contribution in [0, 0.1) is 0 Å². The first kappa shape index (κ1) is 34.3. The fourth-order valence-corrected chi connectivity index (χ4v) is 7.30. The number of benzene rings is 3. The van der Waals surface area contributed by atoms with Gasteiger partial charge in [-0.15, -0.1) is 11.3 Å². The fraction of sp³-hybridized carbons (Fsp3) is 0.390. The van der Waals surface area contributed by atoms with Crippen molar-refractivity contribution in [3.63, 3.8) is 0 Å². The minimum absolute atomic E-state index is 0.201. The monoisotopic (exact) mass is 650 g/mol. The van der Waals surface area contributed by atoms with Crippen LogP contribution >= 0.6 is 11.3 Å². The topological polar surface area (TPSA) is 78.5 Å². The van der Waals surface area contributed by atoms with E-state index in [4.69, 9.17) is 5.10 Å². The van der Waals surface area contributed by atoms with E-state index in [0.29, 0.717) is 0 Å². The summed E-state index contributed by atoms with van der Waals surface area (Å²) in [5, 5.41) is 38.7. The zero-order valence-electron chi connectivity index (χ0n) is 27.8. The van der Waals surface area contributed by atoms with Gasteiger partial charge in [-0.25, -0.2) is 4.68 Å². The Morgan fingerprint density at radius 3 is 1.49 bits per heavy atom. The Balaban J connectivity index is 1.30. The van der Waals surface area contributed by atoms with Gasteiger partial charge in [-0.1, -0.05) is 103 Å². The Morgan fingerprint density at radius 1 is 0.532 bits per heavy atom. The predicted molar refractivity (Wildman–Crippen MR) is 197 cm³/mol. The van der Waals surface area contributed by atoms with E-state index in [1.54, 1.807) is 47.7 Å². The highest BCUT2D eigenvalue weighted by Crippen LogP contribution is 2.43. The van der Waals surface area contributed by atoms with Gasteiger partial charge in [0.1, 0.15) is 27.9 Å². The maximum Gasteiger partial charge on any atom is 0.121 e. The van der Waals surface area contributed by atoms with Crippen LogP contribution in [0.3, 0.4) is 0 Å². The summed E-state index contributed by atoms with van der Waals surface area (Å²) in [5.74, 6) is 0.610. The molecule has 0 aliphatic heterocycles. The van der Waals surface area contributed by atoms with Gasteiger partial charge in [0.15, 0.2) is 0 Å². The molecular formula is C41H50N2O3S. The first-order chi connectivity index (χ1) is 23.0. The number of hydrogen-bond acceptors (Lipinski definition) is 5. The molecule has 6 heteroatoms. The molecule has 0 aliphatic carbocycles. The Hall–Kier alpha value is -4.03. The van der Waals surface area contributed by atoms with Crippen LogP contribution in [0.2, 0.25) is 0 Å². The molecule has 0 unspecified atom stereocenters. The van der Waals surface area contributed by atoms with Crippen molar-refractivity contribution in [2.75, 3.05) is 0 Å². The van der Waals surface area contributed by atoms with E-state index in [0.717, 1.165) is 51.5 Å². The molecule has 2 aromatic heterocycles. The summed E-state index contributed by atoms with van der Waals surface area (Å²) in [6.45, 7) is 2.28. The van der Waals surface area contributed by atoms with Crippen molar-refractivity contribution in [3.8, 4) is 55.9 Å². The average molecular weight is 651 g/mol. The summed E-state index contributed by atoms with van der Waals surface area (Å²) in [6.07, 6.45) is 19.8. The van der Waals surface area contributed by atoms with Gasteiger partial charge in [-0.3, -0.25) is 0 Å². The second kappa shape index (κ2) is 17.8. The molecule has 0 aliphatic rings. The van der Waals surface area contributed by atoms with Crippen LogP contribution < -0.4 is 0 Å². The van der Waals surface area contributed by atoms with Crippen molar-refractivity contribution in [1.29, 1.82) is 0 Å². The average Bonchev–Trinajstić information content (AvgIpc) is 3.71. The van der Waals surface area contributed by atoms with Crippen molar-refractivity contribution < 1.29 is 15.3 Å². The third kappa shape index (κ3) is 9.51. The molecule has 5 nitrogen and oxygen atoms in total. The summed E-state index contributed by atoms with van der Waals surface area (Å²) >= 11 is 1.69. The van der Waals surface area contributed by atoms with E-state index in [1.807, 2.05) is 36.4 Å². The van der Waals surface area contributed by atoms with Crippen LogP contribution in [0.5, 0.6) is 17.2 Å². The lowest BCUT2D eigenvalue weighted by Gasteiger charge is -2.12. The quantitative estimate of drug-likeness (QED) is 0.0777. The largest absolute Gasteiger partial charge is 0.508 e. The maximum absolute atomic E-state index is 10.1. The van der Waals surface area contributed by atoms with Gasteiger partial charge in [0.2, 0.25) is 0 Å². The summed E-state index contributed by atoms with van der Waals surface area (Å²) in [7, 11) is 0. The number of unbranched alkanes of at least 4 members (excludes halogenated alkanes) is 13. The summed E-state index contributed by atoms with van der Waals surface area (Å²) in [5.41, 5.74) is 6.65. The standard InChI is InChI=1S/C41H50N2O3S/c1-2-3-4-5-6-7-8-9-10-11-12-13-14-15-16-34-29-30-47-41(34)43-40(33-21-27-37(46)28-22-33)38(31-17-23-35(44)24-18-31)39(42-43)32-19-25-36(45)26-20-32/h17-30,44-46H,2-16H2,1H3. The van der Waals surface area contributed by atoms with Crippen LogP contribution in [0.4, 0.5) is 0 Å². The van der Waals surface area contributed by atoms with Gasteiger partial charge in [0, 0.05) is 16.7 Å². The maximum atomic E-state index is 10.1. The van der Waals surface area contributed by atoms with Crippen LogP contribution in [-0.4, -0.2) is 25.1 Å². The number of aromatic nitrogens is 2. The molecule has 3 aromatic carbocycles. The van der Waals surface area contributed by atoms with Crippen molar-refractivity contribution >= 4 is 11.3 Å². The van der Waals surface area contributed by atoms with E-state index in [1.165, 1.54) is 89.0 Å². The smallest absolute Gasteiger partial charge is 0.121 e. The molecule has 0 radical (unpaired) electrons. The van der Waals surface area contributed by atoms with Gasteiger partial charge < -0.3 is 15.3 Å². The van der Waals surface area contributed by atoms with E-state index >= 15 is 0 Å². The molecular weight excluding hydrogens is 601 g/mol. The van der Waals surface area contributed by atoms with E-state index in [9.17, 15) is 15.3 Å². The van der Waals surface area contributed by atoms with E-state index < -0.39 is 0 Å². The molecule has 5 rings (SSSR count). The Bertz CT molecular complexity index is 1640. The lowest BCUT2D eigenvalue weighted by Crippen LogP contribution is -2.01. The number of phenolic OH excluding ortho intramolecular Hbond substituents is 3. The van der Waals surface area contributed by atoms with Gasteiger partial charge in [0.25, 0.3) is 0 Å². The van der Waals surface area contributed by atoms with Gasteiger partial charge in [-0.2, -0.15) is 5.10 Å². The predicted octanol–water partition coefficient (Wildman–Crippen LogP) is 12.1. The molecule has 5 aromatic rings. The first-order valence-electron chi connectivity index (χ1n) is 17.6. The number of aromatic hydroxyl groups is 3. The number of rotatable bonds is 19. The second-order valence-electron chi connectivity index (χ2n) is 12.7. The number of aryl methyl sites for hydroxylation is 1. The molecule has 0 fully saturated rings. The molecule has 0 saturated heterocycles. The third-order valence-corrected chi connectivity index (χ3v) is 9.97. The van der Waals surface area contributed by atoms with Crippen LogP contribution in [-0.2, 0) is 6.42 Å². The van der Waals surface area contributed by atoms with Gasteiger partial charge in [-0.05, 0) is 96.1 Å². The lowest BCUT2D eigenvalue weighted by atomic mass is 9.95. The molecule has 0 spiro atoms. The lowest BCUT2D eigenvalue weighted by molar-refractivity contribution is 0.475. The van der Waals surface area contributed by atoms with Crippen LogP contribution in [0.1, 0.15) is 102 Å². The highest BCUT2D eigenvalue weighted by Gasteiger charge is 2.25. The van der Waals surface area contributed by atoms with Crippen molar-refractivity contribution in [3.05, 3.63) is 89.8 Å². The number of nitrogens with zero attached hydrogens (tertiary/aromatic N) is 2. The number of thiophene rings is 1. The Kier molecular flexibility index (Phi) is 13.0. The minimum atomic E-state index is 0.201. The molecule has 0 saturated carbocycles. The molecule has 0 atom stereocenters. The Labute approximate surface area is 284 Å². The number of hydrogen-bond donors (Lipinski definition) is 3. The second-order valence-corrected chi connectivity index (χ2v) is 13.6. The van der Waals surface area contributed by atoms with Crippen molar-refractivity contribution in [2.24, 2.45) is 0 Å². The molecule has 47 heavy (non-hydrogen) atoms. The van der Waals surface area contributed by atoms with Crippen LogP contribution in [0.15, 0.2) is 84.2 Å². The van der Waals surface area contributed by atoms with Crippen molar-refractivity contribution in [1.82, 2.24) is 9.78 Å². The Morgan fingerprint density at radius 2 is 0.979 bits per heavy atom. The highest BCUT2D eigenvalue weighted by atomic mass is 32.1. The fourth-order valence-electron chi connectivity index (χ4n) is 6.39. The molecule has 3 N–H and O–H groups in total. The zero-order valence-corrected chi connectivity index (χ0v) is 28.7. The van der Waals surface area contributed by atoms with E-state index in [2.05, 4.69) is 23.1 Å². The molecule has 0 bridgehead atoms. The normalized spacial score (nSPS) is 11.3. The summed E-state index contributed by atoms with van der Waals surface area (Å²) < 4.78 is 2.06. The van der Waals surface area contributed by atoms with Gasteiger partial charge in [0.05, 0.1) is 5.69 Å². The zero-order chi connectivity index (χ0) is 32.8. The van der Waals surface area contributed by atoms with Crippen LogP contribution in [0.25, 0.3) is 38.6 Å². The van der Waals surface area contributed by atoms with E-state index in [-0.39, 0.29) is 17.2 Å². The minimum Gasteiger partial charge on any atom is -0.508 e. The van der Waals surface area contributed by atoms with Gasteiger partial charge >= 0.3 is 0 Å². The highest BCUT2D eigenvalue weighted by molar-refractivity contribution is 7.12. The molecule has 248 valence electrons. The SMILES string of the molecule is CCCCCCCCCCCCCCCCc1ccsc1-n1nc(-c2ccc(O)cc2)c(-c2ccc(O)cc2)c1-c1ccc(O)cc1. The first-order valence-corrected chi connectivity index (χ1v) is 18.5. The molecule has 0 amide bonds. The number of phenols is 3. The molecule has 2 heterocycles. The summed E-state index contributed by atoms with van der Waals surface area (Å²) in [4.78, 5) is 0.